The highest BCUT2D eigenvalue weighted by Crippen LogP contribution is 2.47. The number of carbonyl (C=O) groups is 1. The third kappa shape index (κ3) is 5.04. The molecule has 5 heterocycles. The van der Waals surface area contributed by atoms with Crippen LogP contribution >= 0.6 is 23.2 Å². The van der Waals surface area contributed by atoms with Crippen molar-refractivity contribution in [3.05, 3.63) is 92.5 Å². The van der Waals surface area contributed by atoms with Crippen LogP contribution in [0, 0.1) is 0 Å². The maximum atomic E-state index is 12.9. The standard InChI is InChI=1S/C35H32Cl2N8O3/c1-44-33(46)28-20(16-40-44)11-13-38-31(28)41-24-8-4-6-22(30(24)37)21-5-3-7-23(29(21)36)25-15-19-9-10-26(27(19)32(42-25)48-2)45-14-12-35(18-45)17-39-34(47)43-35/h3-8,11,13,15-16,26H,9-10,12,14,17-18H2,1-2H3,(H,38,41)(H2,39,43,47)/t26-,35+/m0/s1. The van der Waals surface area contributed by atoms with Gasteiger partial charge in [-0.1, -0.05) is 53.5 Å². The molecule has 0 saturated carbocycles. The third-order valence-corrected chi connectivity index (χ3v) is 10.6. The number of aryl methyl sites for hydroxylation is 2. The molecule has 13 heteroatoms. The first-order valence-electron chi connectivity index (χ1n) is 15.8. The normalized spacial score (nSPS) is 20.2. The number of methoxy groups -OCH3 is 1. The molecule has 244 valence electrons. The molecule has 0 unspecified atom stereocenters. The molecule has 5 aromatic rings. The molecule has 1 spiro atoms. The molecule has 2 saturated heterocycles. The Balaban J connectivity index is 1.12. The lowest BCUT2D eigenvalue weighted by atomic mass is 9.99. The van der Waals surface area contributed by atoms with Crippen LogP contribution in [0.1, 0.15) is 30.0 Å². The van der Waals surface area contributed by atoms with Crippen LogP contribution in [0.15, 0.2) is 65.7 Å². The Hall–Kier alpha value is -4.71. The van der Waals surface area contributed by atoms with Gasteiger partial charge in [0.2, 0.25) is 5.88 Å². The number of carbonyl (C=O) groups excluding carboxylic acids is 1. The summed E-state index contributed by atoms with van der Waals surface area (Å²) in [6.45, 7) is 2.32. The number of amides is 2. The van der Waals surface area contributed by atoms with Crippen LogP contribution in [0.4, 0.5) is 16.3 Å². The topological polar surface area (TPSA) is 126 Å². The summed E-state index contributed by atoms with van der Waals surface area (Å²) in [5.74, 6) is 0.977. The van der Waals surface area contributed by atoms with Gasteiger partial charge in [0, 0.05) is 66.6 Å². The lowest BCUT2D eigenvalue weighted by molar-refractivity contribution is 0.219. The number of pyridine rings is 2. The molecule has 11 nitrogen and oxygen atoms in total. The molecule has 1 aliphatic carbocycles. The highest BCUT2D eigenvalue weighted by molar-refractivity contribution is 6.39. The van der Waals surface area contributed by atoms with E-state index >= 15 is 0 Å². The zero-order valence-electron chi connectivity index (χ0n) is 26.3. The number of nitrogens with one attached hydrogen (secondary N) is 3. The number of hydrogen-bond donors (Lipinski definition) is 3. The van der Waals surface area contributed by atoms with E-state index in [1.807, 2.05) is 36.4 Å². The van der Waals surface area contributed by atoms with Crippen LogP contribution in [0.25, 0.3) is 33.2 Å². The van der Waals surface area contributed by atoms with Gasteiger partial charge in [0.15, 0.2) is 0 Å². The van der Waals surface area contributed by atoms with Crippen molar-refractivity contribution in [1.82, 2.24) is 35.3 Å². The van der Waals surface area contributed by atoms with Crippen molar-refractivity contribution in [2.24, 2.45) is 7.05 Å². The summed E-state index contributed by atoms with van der Waals surface area (Å²) in [6, 6.07) is 15.4. The second-order valence-electron chi connectivity index (χ2n) is 12.6. The number of rotatable bonds is 6. The third-order valence-electron chi connectivity index (χ3n) is 9.79. The van der Waals surface area contributed by atoms with Crippen LogP contribution in [0.5, 0.6) is 5.88 Å². The van der Waals surface area contributed by atoms with E-state index < -0.39 is 0 Å². The van der Waals surface area contributed by atoms with E-state index in [-0.39, 0.29) is 23.2 Å². The van der Waals surface area contributed by atoms with Gasteiger partial charge < -0.3 is 20.7 Å². The van der Waals surface area contributed by atoms with E-state index in [0.29, 0.717) is 50.3 Å². The molecule has 2 fully saturated rings. The van der Waals surface area contributed by atoms with E-state index in [0.717, 1.165) is 54.7 Å². The van der Waals surface area contributed by atoms with Gasteiger partial charge in [-0.05, 0) is 43.0 Å². The van der Waals surface area contributed by atoms with Crippen molar-refractivity contribution in [2.45, 2.75) is 30.8 Å². The van der Waals surface area contributed by atoms with Gasteiger partial charge in [-0.3, -0.25) is 9.69 Å². The second kappa shape index (κ2) is 11.8. The summed E-state index contributed by atoms with van der Waals surface area (Å²) in [4.78, 5) is 36.7. The average Bonchev–Trinajstić information content (AvgIpc) is 3.81. The van der Waals surface area contributed by atoms with E-state index in [2.05, 4.69) is 37.0 Å². The molecule has 2 aromatic carbocycles. The van der Waals surface area contributed by atoms with E-state index in [1.165, 1.54) is 10.2 Å². The van der Waals surface area contributed by atoms with Gasteiger partial charge in [0.05, 0.1) is 45.7 Å². The molecular formula is C35H32Cl2N8O3. The minimum absolute atomic E-state index is 0.0948. The lowest BCUT2D eigenvalue weighted by Crippen LogP contribution is -2.46. The molecule has 3 N–H and O–H groups in total. The number of halogens is 2. The predicted molar refractivity (Wildman–Crippen MR) is 186 cm³/mol. The van der Waals surface area contributed by atoms with E-state index in [4.69, 9.17) is 32.9 Å². The molecule has 0 bridgehead atoms. The zero-order chi connectivity index (χ0) is 33.2. The number of likely N-dealkylation sites (tertiary alicyclic amines) is 1. The van der Waals surface area contributed by atoms with Crippen molar-refractivity contribution in [1.29, 1.82) is 0 Å². The van der Waals surface area contributed by atoms with Crippen molar-refractivity contribution >= 4 is 51.5 Å². The minimum Gasteiger partial charge on any atom is -0.481 e. The van der Waals surface area contributed by atoms with Gasteiger partial charge in [0.25, 0.3) is 5.56 Å². The summed E-state index contributed by atoms with van der Waals surface area (Å²) < 4.78 is 7.18. The Morgan fingerprint density at radius 1 is 1.06 bits per heavy atom. The van der Waals surface area contributed by atoms with Crippen LogP contribution in [0.2, 0.25) is 10.0 Å². The monoisotopic (exact) mass is 682 g/mol. The first-order valence-corrected chi connectivity index (χ1v) is 16.5. The maximum absolute atomic E-state index is 12.9. The van der Waals surface area contributed by atoms with Gasteiger partial charge >= 0.3 is 6.03 Å². The summed E-state index contributed by atoms with van der Waals surface area (Å²) >= 11 is 14.2. The summed E-state index contributed by atoms with van der Waals surface area (Å²) in [7, 11) is 3.25. The SMILES string of the molecule is COc1nc(-c2cccc(-c3cccc(Nc4nccc5cnn(C)c(=O)c45)c3Cl)c2Cl)cc2c1[C@@H](N1CC[C@@]3(CNC(=O)N3)C1)CC2. The lowest BCUT2D eigenvalue weighted by Gasteiger charge is -2.28. The predicted octanol–water partition coefficient (Wildman–Crippen LogP) is 5.86. The van der Waals surface area contributed by atoms with Gasteiger partial charge in [0.1, 0.15) is 5.82 Å². The fourth-order valence-corrected chi connectivity index (χ4v) is 8.00. The Morgan fingerprint density at radius 3 is 2.65 bits per heavy atom. The molecular weight excluding hydrogens is 651 g/mol. The molecule has 2 atom stereocenters. The van der Waals surface area contributed by atoms with Crippen LogP contribution < -0.4 is 26.2 Å². The van der Waals surface area contributed by atoms with E-state index in [9.17, 15) is 9.59 Å². The van der Waals surface area contributed by atoms with Gasteiger partial charge in [-0.15, -0.1) is 0 Å². The molecule has 3 aromatic heterocycles. The minimum atomic E-state index is -0.265. The fourth-order valence-electron chi connectivity index (χ4n) is 7.41. The first kappa shape index (κ1) is 30.6. The molecule has 8 rings (SSSR count). The van der Waals surface area contributed by atoms with Gasteiger partial charge in [-0.2, -0.15) is 5.10 Å². The number of fused-ring (bicyclic) bond motifs is 2. The summed E-state index contributed by atoms with van der Waals surface area (Å²) in [5, 5.41) is 15.5. The van der Waals surface area contributed by atoms with Crippen LogP contribution in [-0.2, 0) is 13.5 Å². The maximum Gasteiger partial charge on any atom is 0.315 e. The average molecular weight is 684 g/mol. The largest absolute Gasteiger partial charge is 0.481 e. The highest BCUT2D eigenvalue weighted by Gasteiger charge is 2.46. The number of anilines is 2. The number of urea groups is 1. The van der Waals surface area contributed by atoms with Crippen LogP contribution in [-0.4, -0.2) is 63.0 Å². The number of hydrogen-bond acceptors (Lipinski definition) is 8. The Kier molecular flexibility index (Phi) is 7.50. The quantitative estimate of drug-likeness (QED) is 0.203. The van der Waals surface area contributed by atoms with Crippen molar-refractivity contribution in [2.75, 3.05) is 32.1 Å². The van der Waals surface area contributed by atoms with Crippen molar-refractivity contribution in [3.63, 3.8) is 0 Å². The summed E-state index contributed by atoms with van der Waals surface area (Å²) in [5.41, 5.74) is 5.33. The number of ether oxygens (including phenoxy) is 1. The number of nitrogens with zero attached hydrogens (tertiary/aromatic N) is 5. The molecule has 0 radical (unpaired) electrons. The highest BCUT2D eigenvalue weighted by atomic mass is 35.5. The summed E-state index contributed by atoms with van der Waals surface area (Å²) in [6.07, 6.45) is 5.99. The molecule has 48 heavy (non-hydrogen) atoms. The zero-order valence-corrected chi connectivity index (χ0v) is 27.8. The molecule has 3 aliphatic rings. The smallest absolute Gasteiger partial charge is 0.315 e. The Bertz CT molecular complexity index is 2190. The van der Waals surface area contributed by atoms with Gasteiger partial charge in [-0.25, -0.2) is 19.4 Å². The second-order valence-corrected chi connectivity index (χ2v) is 13.4. The molecule has 2 amide bonds. The fraction of sp³-hybridized carbons (Fsp3) is 0.286. The van der Waals surface area contributed by atoms with E-state index in [1.54, 1.807) is 32.6 Å². The Morgan fingerprint density at radius 2 is 1.85 bits per heavy atom. The molecule has 2 aliphatic heterocycles. The number of aromatic nitrogens is 4. The van der Waals surface area contributed by atoms with Crippen molar-refractivity contribution < 1.29 is 9.53 Å². The first-order chi connectivity index (χ1) is 23.2. The van der Waals surface area contributed by atoms with Crippen LogP contribution in [0.3, 0.4) is 0 Å². The Labute approximate surface area is 286 Å². The van der Waals surface area contributed by atoms with Crippen molar-refractivity contribution in [3.8, 4) is 28.3 Å². The number of benzene rings is 2.